The summed E-state index contributed by atoms with van der Waals surface area (Å²) in [4.78, 5) is 28.2. The summed E-state index contributed by atoms with van der Waals surface area (Å²) in [6.07, 6.45) is 3.15. The molecular formula is C21H19N3O3. The molecule has 3 aromatic rings. The molecule has 1 aromatic heterocycles. The lowest BCUT2D eigenvalue weighted by Gasteiger charge is -2.09. The second-order valence-corrected chi connectivity index (χ2v) is 5.71. The molecule has 0 unspecified atom stereocenters. The SMILES string of the molecule is CCOC(=O)c1ccc(NC(=O)c2cncc(Nc3ccccc3)c2)cc1. The van der Waals surface area contributed by atoms with Gasteiger partial charge in [-0.3, -0.25) is 9.78 Å². The minimum absolute atomic E-state index is 0.289. The molecule has 0 aliphatic heterocycles. The topological polar surface area (TPSA) is 80.3 Å². The lowest BCUT2D eigenvalue weighted by molar-refractivity contribution is 0.0526. The molecule has 0 saturated carbocycles. The van der Waals surface area contributed by atoms with Crippen LogP contribution in [0.3, 0.4) is 0 Å². The first-order valence-corrected chi connectivity index (χ1v) is 8.51. The van der Waals surface area contributed by atoms with Crippen molar-refractivity contribution in [3.8, 4) is 0 Å². The Hall–Kier alpha value is -3.67. The Morgan fingerprint density at radius 1 is 0.889 bits per heavy atom. The molecule has 27 heavy (non-hydrogen) atoms. The van der Waals surface area contributed by atoms with Gasteiger partial charge in [0.15, 0.2) is 0 Å². The van der Waals surface area contributed by atoms with Crippen LogP contribution >= 0.6 is 0 Å². The second-order valence-electron chi connectivity index (χ2n) is 5.71. The predicted octanol–water partition coefficient (Wildman–Crippen LogP) is 4.25. The first-order chi connectivity index (χ1) is 13.2. The molecule has 136 valence electrons. The van der Waals surface area contributed by atoms with Gasteiger partial charge in [0, 0.05) is 17.6 Å². The molecule has 1 amide bonds. The van der Waals surface area contributed by atoms with Crippen molar-refractivity contribution in [2.45, 2.75) is 6.92 Å². The standard InChI is InChI=1S/C21H19N3O3/c1-2-27-21(26)15-8-10-18(11-9-15)24-20(25)16-12-19(14-22-13-16)23-17-6-4-3-5-7-17/h3-14,23H,2H2,1H3,(H,24,25). The van der Waals surface area contributed by atoms with Gasteiger partial charge in [-0.05, 0) is 49.4 Å². The maximum atomic E-state index is 12.5. The number of carbonyl (C=O) groups is 2. The number of carbonyl (C=O) groups excluding carboxylic acids is 2. The van der Waals surface area contributed by atoms with Crippen LogP contribution in [0.4, 0.5) is 17.1 Å². The van der Waals surface area contributed by atoms with Crippen molar-refractivity contribution in [3.05, 3.63) is 84.2 Å². The summed E-state index contributed by atoms with van der Waals surface area (Å²) in [6, 6.07) is 17.9. The van der Waals surface area contributed by atoms with E-state index in [9.17, 15) is 9.59 Å². The molecule has 0 aliphatic rings. The van der Waals surface area contributed by atoms with Crippen molar-refractivity contribution in [2.75, 3.05) is 17.2 Å². The van der Waals surface area contributed by atoms with Crippen LogP contribution in [0.2, 0.25) is 0 Å². The molecule has 2 N–H and O–H groups in total. The largest absolute Gasteiger partial charge is 0.462 e. The summed E-state index contributed by atoms with van der Waals surface area (Å²) < 4.78 is 4.94. The van der Waals surface area contributed by atoms with E-state index in [1.54, 1.807) is 43.5 Å². The van der Waals surface area contributed by atoms with Crippen LogP contribution in [0.15, 0.2) is 73.1 Å². The molecule has 0 atom stereocenters. The first kappa shape index (κ1) is 18.1. The Morgan fingerprint density at radius 2 is 1.63 bits per heavy atom. The van der Waals surface area contributed by atoms with Gasteiger partial charge in [-0.2, -0.15) is 0 Å². The normalized spacial score (nSPS) is 10.1. The molecule has 6 heteroatoms. The van der Waals surface area contributed by atoms with Gasteiger partial charge >= 0.3 is 5.97 Å². The van der Waals surface area contributed by atoms with E-state index in [1.807, 2.05) is 30.3 Å². The highest BCUT2D eigenvalue weighted by Gasteiger charge is 2.10. The van der Waals surface area contributed by atoms with Crippen LogP contribution in [0, 0.1) is 0 Å². The quantitative estimate of drug-likeness (QED) is 0.642. The highest BCUT2D eigenvalue weighted by atomic mass is 16.5. The van der Waals surface area contributed by atoms with Crippen LogP contribution in [-0.4, -0.2) is 23.5 Å². The fourth-order valence-electron chi connectivity index (χ4n) is 2.43. The van der Waals surface area contributed by atoms with E-state index in [1.165, 1.54) is 6.20 Å². The Balaban J connectivity index is 1.67. The highest BCUT2D eigenvalue weighted by molar-refractivity contribution is 6.04. The van der Waals surface area contributed by atoms with Crippen molar-refractivity contribution < 1.29 is 14.3 Å². The van der Waals surface area contributed by atoms with E-state index >= 15 is 0 Å². The van der Waals surface area contributed by atoms with E-state index in [4.69, 9.17) is 4.74 Å². The number of amides is 1. The molecule has 0 bridgehead atoms. The molecule has 0 radical (unpaired) electrons. The van der Waals surface area contributed by atoms with Gasteiger partial charge < -0.3 is 15.4 Å². The molecule has 6 nitrogen and oxygen atoms in total. The summed E-state index contributed by atoms with van der Waals surface area (Å²) in [5, 5.41) is 5.99. The number of hydrogen-bond acceptors (Lipinski definition) is 5. The molecule has 1 heterocycles. The van der Waals surface area contributed by atoms with Gasteiger partial charge in [0.05, 0.1) is 29.6 Å². The zero-order valence-corrected chi connectivity index (χ0v) is 14.8. The fraction of sp³-hybridized carbons (Fsp3) is 0.0952. The number of hydrogen-bond donors (Lipinski definition) is 2. The second kappa shape index (κ2) is 8.62. The smallest absolute Gasteiger partial charge is 0.338 e. The number of nitrogens with zero attached hydrogens (tertiary/aromatic N) is 1. The number of benzene rings is 2. The summed E-state index contributed by atoms with van der Waals surface area (Å²) in [5.41, 5.74) is 3.06. The van der Waals surface area contributed by atoms with Gasteiger partial charge in [-0.25, -0.2) is 4.79 Å². The van der Waals surface area contributed by atoms with Gasteiger partial charge in [0.25, 0.3) is 5.91 Å². The molecule has 2 aromatic carbocycles. The Bertz CT molecular complexity index is 925. The monoisotopic (exact) mass is 361 g/mol. The Morgan fingerprint density at radius 3 is 2.33 bits per heavy atom. The van der Waals surface area contributed by atoms with E-state index < -0.39 is 0 Å². The van der Waals surface area contributed by atoms with Crippen molar-refractivity contribution in [3.63, 3.8) is 0 Å². The molecule has 3 rings (SSSR count). The summed E-state index contributed by atoms with van der Waals surface area (Å²) in [5.74, 6) is -0.678. The van der Waals surface area contributed by atoms with Crippen molar-refractivity contribution in [1.29, 1.82) is 0 Å². The molecule has 0 aliphatic carbocycles. The number of rotatable bonds is 6. The van der Waals surface area contributed by atoms with Crippen LogP contribution in [0.1, 0.15) is 27.6 Å². The van der Waals surface area contributed by atoms with Gasteiger partial charge in [-0.15, -0.1) is 0 Å². The number of esters is 1. The first-order valence-electron chi connectivity index (χ1n) is 8.51. The van der Waals surface area contributed by atoms with Crippen molar-refractivity contribution in [1.82, 2.24) is 4.98 Å². The third-order valence-electron chi connectivity index (χ3n) is 3.72. The lowest BCUT2D eigenvalue weighted by atomic mass is 10.2. The number of aromatic nitrogens is 1. The number of anilines is 3. The van der Waals surface area contributed by atoms with Gasteiger partial charge in [0.1, 0.15) is 0 Å². The molecule has 0 saturated heterocycles. The third-order valence-corrected chi connectivity index (χ3v) is 3.72. The summed E-state index contributed by atoms with van der Waals surface area (Å²) in [6.45, 7) is 2.07. The van der Waals surface area contributed by atoms with Crippen LogP contribution in [-0.2, 0) is 4.74 Å². The van der Waals surface area contributed by atoms with E-state index in [-0.39, 0.29) is 11.9 Å². The minimum Gasteiger partial charge on any atom is -0.462 e. The average Bonchev–Trinajstić information content (AvgIpc) is 2.70. The number of ether oxygens (including phenoxy) is 1. The molecule has 0 fully saturated rings. The van der Waals surface area contributed by atoms with E-state index in [2.05, 4.69) is 15.6 Å². The van der Waals surface area contributed by atoms with E-state index in [0.29, 0.717) is 29.1 Å². The molecule has 0 spiro atoms. The Labute approximate surface area is 157 Å². The minimum atomic E-state index is -0.390. The van der Waals surface area contributed by atoms with Crippen LogP contribution < -0.4 is 10.6 Å². The van der Waals surface area contributed by atoms with Crippen LogP contribution in [0.5, 0.6) is 0 Å². The molecular weight excluding hydrogens is 342 g/mol. The zero-order chi connectivity index (χ0) is 19.1. The number of para-hydroxylation sites is 1. The Kier molecular flexibility index (Phi) is 5.79. The zero-order valence-electron chi connectivity index (χ0n) is 14.8. The lowest BCUT2D eigenvalue weighted by Crippen LogP contribution is -2.13. The van der Waals surface area contributed by atoms with Crippen molar-refractivity contribution >= 4 is 28.9 Å². The predicted molar refractivity (Wildman–Crippen MR) is 104 cm³/mol. The summed E-state index contributed by atoms with van der Waals surface area (Å²) >= 11 is 0. The summed E-state index contributed by atoms with van der Waals surface area (Å²) in [7, 11) is 0. The van der Waals surface area contributed by atoms with E-state index in [0.717, 1.165) is 5.69 Å². The van der Waals surface area contributed by atoms with Crippen LogP contribution in [0.25, 0.3) is 0 Å². The highest BCUT2D eigenvalue weighted by Crippen LogP contribution is 2.17. The maximum Gasteiger partial charge on any atom is 0.338 e. The third kappa shape index (κ3) is 4.92. The van der Waals surface area contributed by atoms with Gasteiger partial charge in [0.2, 0.25) is 0 Å². The number of nitrogens with one attached hydrogen (secondary N) is 2. The maximum absolute atomic E-state index is 12.5. The fourth-order valence-corrected chi connectivity index (χ4v) is 2.43. The van der Waals surface area contributed by atoms with Gasteiger partial charge in [-0.1, -0.05) is 18.2 Å². The number of pyridine rings is 1. The van der Waals surface area contributed by atoms with Crippen molar-refractivity contribution in [2.24, 2.45) is 0 Å². The average molecular weight is 361 g/mol.